The summed E-state index contributed by atoms with van der Waals surface area (Å²) in [4.78, 5) is 11.6. The summed E-state index contributed by atoms with van der Waals surface area (Å²) in [5, 5.41) is 9.96. The monoisotopic (exact) mass is 403 g/mol. The number of hydrogen-bond donors (Lipinski definition) is 2. The van der Waals surface area contributed by atoms with Gasteiger partial charge in [0.1, 0.15) is 10.8 Å². The molecule has 1 aromatic heterocycles. The van der Waals surface area contributed by atoms with E-state index < -0.39 is 0 Å². The number of rotatable bonds is 9. The summed E-state index contributed by atoms with van der Waals surface area (Å²) in [6.07, 6.45) is 0. The van der Waals surface area contributed by atoms with Gasteiger partial charge < -0.3 is 20.3 Å². The van der Waals surface area contributed by atoms with Crippen molar-refractivity contribution in [3.8, 4) is 5.75 Å². The summed E-state index contributed by atoms with van der Waals surface area (Å²) in [5.41, 5.74) is 2.34. The van der Waals surface area contributed by atoms with Crippen molar-refractivity contribution in [1.82, 2.24) is 20.5 Å². The molecule has 0 radical (unpaired) electrons. The third kappa shape index (κ3) is 6.49. The number of aromatic nitrogens is 1. The van der Waals surface area contributed by atoms with Crippen LogP contribution in [0.1, 0.15) is 49.0 Å². The molecular formula is C21H33N5OS. The van der Waals surface area contributed by atoms with Crippen molar-refractivity contribution >= 4 is 17.3 Å². The van der Waals surface area contributed by atoms with Crippen LogP contribution in [0.2, 0.25) is 0 Å². The van der Waals surface area contributed by atoms with E-state index in [-0.39, 0.29) is 6.04 Å². The van der Waals surface area contributed by atoms with Gasteiger partial charge in [-0.3, -0.25) is 0 Å². The van der Waals surface area contributed by atoms with Gasteiger partial charge in [-0.15, -0.1) is 11.3 Å². The number of aliphatic imine (C=N–C) groups is 1. The van der Waals surface area contributed by atoms with Crippen molar-refractivity contribution in [3.63, 3.8) is 0 Å². The molecule has 28 heavy (non-hydrogen) atoms. The Labute approximate surface area is 173 Å². The van der Waals surface area contributed by atoms with Crippen molar-refractivity contribution in [2.45, 2.75) is 39.3 Å². The minimum Gasteiger partial charge on any atom is -0.497 e. The Bertz CT molecular complexity index is 757. The highest BCUT2D eigenvalue weighted by Crippen LogP contribution is 2.22. The molecule has 0 aliphatic carbocycles. The van der Waals surface area contributed by atoms with E-state index in [0.717, 1.165) is 35.5 Å². The van der Waals surface area contributed by atoms with Crippen molar-refractivity contribution in [2.24, 2.45) is 4.99 Å². The molecule has 1 unspecified atom stereocenters. The predicted molar refractivity (Wildman–Crippen MR) is 118 cm³/mol. The number of ether oxygens (including phenoxy) is 1. The fraction of sp³-hybridized carbons (Fsp3) is 0.524. The molecular weight excluding hydrogens is 370 g/mol. The highest BCUT2D eigenvalue weighted by molar-refractivity contribution is 7.09. The van der Waals surface area contributed by atoms with Gasteiger partial charge >= 0.3 is 0 Å². The molecule has 0 saturated carbocycles. The first-order chi connectivity index (χ1) is 13.4. The molecule has 2 aromatic rings. The van der Waals surface area contributed by atoms with Crippen molar-refractivity contribution in [3.05, 3.63) is 45.9 Å². The summed E-state index contributed by atoms with van der Waals surface area (Å²) in [5.74, 6) is 2.12. The zero-order chi connectivity index (χ0) is 20.5. The smallest absolute Gasteiger partial charge is 0.191 e. The van der Waals surface area contributed by atoms with E-state index >= 15 is 0 Å². The Kier molecular flexibility index (Phi) is 8.73. The van der Waals surface area contributed by atoms with E-state index in [1.54, 1.807) is 18.4 Å². The van der Waals surface area contributed by atoms with Crippen molar-refractivity contribution in [2.75, 3.05) is 34.3 Å². The molecule has 1 aromatic carbocycles. The second-order valence-corrected chi connectivity index (χ2v) is 8.10. The highest BCUT2D eigenvalue weighted by atomic mass is 32.1. The van der Waals surface area contributed by atoms with E-state index in [4.69, 9.17) is 9.73 Å². The van der Waals surface area contributed by atoms with Gasteiger partial charge in [0.05, 0.1) is 25.4 Å². The number of thiazole rings is 1. The Morgan fingerprint density at radius 2 is 2.07 bits per heavy atom. The largest absolute Gasteiger partial charge is 0.497 e. The van der Waals surface area contributed by atoms with Crippen molar-refractivity contribution in [1.29, 1.82) is 0 Å². The number of benzene rings is 1. The first-order valence-electron chi connectivity index (χ1n) is 9.71. The Morgan fingerprint density at radius 3 is 2.68 bits per heavy atom. The van der Waals surface area contributed by atoms with Gasteiger partial charge in [0.2, 0.25) is 0 Å². The summed E-state index contributed by atoms with van der Waals surface area (Å²) >= 11 is 1.67. The Morgan fingerprint density at radius 1 is 1.29 bits per heavy atom. The molecule has 7 heteroatoms. The minimum atomic E-state index is 0.200. The summed E-state index contributed by atoms with van der Waals surface area (Å²) in [7, 11) is 5.86. The van der Waals surface area contributed by atoms with E-state index in [9.17, 15) is 0 Å². The molecule has 2 rings (SSSR count). The molecule has 0 saturated heterocycles. The van der Waals surface area contributed by atoms with Crippen LogP contribution < -0.4 is 15.4 Å². The second-order valence-electron chi connectivity index (χ2n) is 7.15. The average molecular weight is 404 g/mol. The standard InChI is InChI=1S/C21H33N5OS/c1-7-22-21(24-13-20-25-18(14-28-20)15(2)3)23-12-19(26(4)5)16-9-8-10-17(11-16)27-6/h8-11,14-15,19H,7,12-13H2,1-6H3,(H2,22,23,24). The molecule has 2 N–H and O–H groups in total. The summed E-state index contributed by atoms with van der Waals surface area (Å²) in [6, 6.07) is 8.40. The van der Waals surface area contributed by atoms with Crippen LogP contribution in [0.25, 0.3) is 0 Å². The van der Waals surface area contributed by atoms with Crippen LogP contribution in [0.3, 0.4) is 0 Å². The van der Waals surface area contributed by atoms with Crippen LogP contribution >= 0.6 is 11.3 Å². The topological polar surface area (TPSA) is 61.8 Å². The van der Waals surface area contributed by atoms with Gasteiger partial charge in [0.25, 0.3) is 0 Å². The van der Waals surface area contributed by atoms with Crippen LogP contribution in [0.4, 0.5) is 0 Å². The molecule has 0 aliphatic rings. The average Bonchev–Trinajstić information content (AvgIpc) is 3.15. The van der Waals surface area contributed by atoms with Gasteiger partial charge in [-0.25, -0.2) is 9.98 Å². The Hall–Kier alpha value is -2.12. The SMILES string of the molecule is CCNC(=NCc1nc(C(C)C)cs1)NCC(c1cccc(OC)c1)N(C)C. The van der Waals surface area contributed by atoms with Gasteiger partial charge in [0, 0.05) is 18.5 Å². The van der Waals surface area contributed by atoms with Crippen molar-refractivity contribution < 1.29 is 4.74 Å². The molecule has 154 valence electrons. The highest BCUT2D eigenvalue weighted by Gasteiger charge is 2.15. The molecule has 0 amide bonds. The Balaban J connectivity index is 2.06. The number of methoxy groups -OCH3 is 1. The van der Waals surface area contributed by atoms with Gasteiger partial charge in [0.15, 0.2) is 5.96 Å². The number of nitrogens with one attached hydrogen (secondary N) is 2. The van der Waals surface area contributed by atoms with Crippen LogP contribution in [-0.2, 0) is 6.54 Å². The quantitative estimate of drug-likeness (QED) is 0.494. The number of likely N-dealkylation sites (N-methyl/N-ethyl adjacent to an activating group) is 1. The van der Waals surface area contributed by atoms with Crippen LogP contribution in [0.5, 0.6) is 5.75 Å². The zero-order valence-corrected chi connectivity index (χ0v) is 18.6. The van der Waals surface area contributed by atoms with Crippen LogP contribution in [-0.4, -0.2) is 50.1 Å². The molecule has 0 aliphatic heterocycles. The first-order valence-corrected chi connectivity index (χ1v) is 10.6. The third-order valence-corrected chi connectivity index (χ3v) is 5.29. The molecule has 1 atom stereocenters. The van der Waals surface area contributed by atoms with E-state index in [2.05, 4.69) is 72.9 Å². The van der Waals surface area contributed by atoms with E-state index in [1.165, 1.54) is 5.56 Å². The maximum absolute atomic E-state index is 5.37. The van der Waals surface area contributed by atoms with Crippen LogP contribution in [0.15, 0.2) is 34.6 Å². The lowest BCUT2D eigenvalue weighted by Gasteiger charge is -2.26. The maximum Gasteiger partial charge on any atom is 0.191 e. The van der Waals surface area contributed by atoms with Crippen LogP contribution in [0, 0.1) is 0 Å². The summed E-state index contributed by atoms with van der Waals surface area (Å²) < 4.78 is 5.37. The summed E-state index contributed by atoms with van der Waals surface area (Å²) in [6.45, 7) is 8.52. The van der Waals surface area contributed by atoms with E-state index in [0.29, 0.717) is 12.5 Å². The fourth-order valence-corrected chi connectivity index (χ4v) is 3.67. The lowest BCUT2D eigenvalue weighted by Crippen LogP contribution is -2.41. The number of nitrogens with zero attached hydrogens (tertiary/aromatic N) is 3. The molecule has 0 fully saturated rings. The lowest BCUT2D eigenvalue weighted by atomic mass is 10.1. The lowest BCUT2D eigenvalue weighted by molar-refractivity contribution is 0.297. The predicted octanol–water partition coefficient (Wildman–Crippen LogP) is 3.63. The molecule has 0 spiro atoms. The van der Waals surface area contributed by atoms with E-state index in [1.807, 2.05) is 12.1 Å². The third-order valence-electron chi connectivity index (χ3n) is 4.44. The van der Waals surface area contributed by atoms with Gasteiger partial charge in [-0.1, -0.05) is 26.0 Å². The molecule has 1 heterocycles. The number of guanidine groups is 1. The maximum atomic E-state index is 5.37. The molecule has 0 bridgehead atoms. The normalized spacial score (nSPS) is 13.1. The molecule has 6 nitrogen and oxygen atoms in total. The van der Waals surface area contributed by atoms with Gasteiger partial charge in [-0.2, -0.15) is 0 Å². The first kappa shape index (κ1) is 22.2. The minimum absolute atomic E-state index is 0.200. The van der Waals surface area contributed by atoms with Gasteiger partial charge in [-0.05, 0) is 44.6 Å². The fourth-order valence-electron chi connectivity index (χ4n) is 2.79. The second kappa shape index (κ2) is 11.0. The zero-order valence-electron chi connectivity index (χ0n) is 17.8. The number of hydrogen-bond acceptors (Lipinski definition) is 5.